The molecule has 0 aromatic rings. The number of ether oxygens (including phenoxy) is 1. The summed E-state index contributed by atoms with van der Waals surface area (Å²) in [6.45, 7) is 1.62. The van der Waals surface area contributed by atoms with Crippen LogP contribution < -0.4 is 5.73 Å². The van der Waals surface area contributed by atoms with Gasteiger partial charge < -0.3 is 9.84 Å². The maximum Gasteiger partial charge on any atom is 0.186 e. The molecule has 52 valence electrons. The van der Waals surface area contributed by atoms with Gasteiger partial charge in [-0.25, -0.2) is 0 Å². The van der Waals surface area contributed by atoms with Crippen molar-refractivity contribution in [1.29, 1.82) is 0 Å². The van der Waals surface area contributed by atoms with Crippen LogP contribution >= 0.6 is 0 Å². The summed E-state index contributed by atoms with van der Waals surface area (Å²) >= 11 is 0. The van der Waals surface area contributed by atoms with Crippen LogP contribution in [-0.4, -0.2) is 16.9 Å². The molecule has 0 spiro atoms. The Morgan fingerprint density at radius 3 is 2.78 bits per heavy atom. The van der Waals surface area contributed by atoms with E-state index in [-0.39, 0.29) is 0 Å². The highest BCUT2D eigenvalue weighted by molar-refractivity contribution is 4.96. The minimum absolute atomic E-state index is 0.588. The monoisotopic (exact) mass is 129 g/mol. The second-order valence-corrected chi connectivity index (χ2v) is 2.32. The average molecular weight is 129 g/mol. The van der Waals surface area contributed by atoms with E-state index < -0.39 is 11.8 Å². The van der Waals surface area contributed by atoms with Crippen LogP contribution in [0.1, 0.15) is 13.3 Å². The molecule has 0 aromatic carbocycles. The molecular formula is C6H11NO2. The van der Waals surface area contributed by atoms with Crippen LogP contribution in [0.2, 0.25) is 0 Å². The van der Waals surface area contributed by atoms with Gasteiger partial charge in [-0.05, 0) is 13.0 Å². The lowest BCUT2D eigenvalue weighted by molar-refractivity contribution is -0.0549. The fourth-order valence-electron chi connectivity index (χ4n) is 0.724. The highest BCUT2D eigenvalue weighted by Gasteiger charge is 2.33. The van der Waals surface area contributed by atoms with Gasteiger partial charge in [0.15, 0.2) is 5.72 Å². The predicted octanol–water partition coefficient (Wildman–Crippen LogP) is -0.0438. The fourth-order valence-corrected chi connectivity index (χ4v) is 0.724. The molecule has 0 radical (unpaired) electrons. The van der Waals surface area contributed by atoms with Gasteiger partial charge in [0, 0.05) is 6.42 Å². The molecule has 0 saturated carbocycles. The lowest BCUT2D eigenvalue weighted by atomic mass is 10.1. The molecule has 0 saturated heterocycles. The van der Waals surface area contributed by atoms with E-state index in [0.717, 1.165) is 0 Å². The Morgan fingerprint density at radius 2 is 2.56 bits per heavy atom. The van der Waals surface area contributed by atoms with Gasteiger partial charge in [-0.2, -0.15) is 0 Å². The van der Waals surface area contributed by atoms with E-state index in [9.17, 15) is 0 Å². The topological polar surface area (TPSA) is 55.5 Å². The lowest BCUT2D eigenvalue weighted by Crippen LogP contribution is -2.48. The number of hydrogen-bond acceptors (Lipinski definition) is 3. The maximum atomic E-state index is 9.02. The van der Waals surface area contributed by atoms with E-state index in [0.29, 0.717) is 6.42 Å². The zero-order valence-electron chi connectivity index (χ0n) is 5.37. The number of aliphatic hydroxyl groups excluding tert-OH is 1. The van der Waals surface area contributed by atoms with Gasteiger partial charge in [-0.3, -0.25) is 5.73 Å². The summed E-state index contributed by atoms with van der Waals surface area (Å²) < 4.78 is 4.95. The first kappa shape index (κ1) is 6.58. The Balaban J connectivity index is 2.55. The van der Waals surface area contributed by atoms with Gasteiger partial charge in [0.05, 0.1) is 6.26 Å². The fraction of sp³-hybridized carbons (Fsp3) is 0.667. The van der Waals surface area contributed by atoms with Crippen molar-refractivity contribution in [3.8, 4) is 0 Å². The van der Waals surface area contributed by atoms with Gasteiger partial charge >= 0.3 is 0 Å². The summed E-state index contributed by atoms with van der Waals surface area (Å²) in [4.78, 5) is 0. The van der Waals surface area contributed by atoms with Crippen molar-refractivity contribution in [3.05, 3.63) is 12.3 Å². The van der Waals surface area contributed by atoms with Crippen LogP contribution in [0.15, 0.2) is 12.3 Å². The Hall–Kier alpha value is -0.540. The second-order valence-electron chi connectivity index (χ2n) is 2.32. The molecule has 1 aliphatic heterocycles. The van der Waals surface area contributed by atoms with Gasteiger partial charge in [-0.1, -0.05) is 0 Å². The molecule has 0 bridgehead atoms. The van der Waals surface area contributed by atoms with Gasteiger partial charge in [0.2, 0.25) is 0 Å². The Labute approximate surface area is 54.1 Å². The predicted molar refractivity (Wildman–Crippen MR) is 33.4 cm³/mol. The first-order valence-corrected chi connectivity index (χ1v) is 2.95. The molecule has 3 heteroatoms. The highest BCUT2D eigenvalue weighted by Crippen LogP contribution is 2.20. The first-order chi connectivity index (χ1) is 4.15. The molecule has 1 unspecified atom stereocenters. The average Bonchev–Trinajstić information content (AvgIpc) is 2.16. The van der Waals surface area contributed by atoms with Crippen LogP contribution in [0.25, 0.3) is 0 Å². The molecule has 3 nitrogen and oxygen atoms in total. The highest BCUT2D eigenvalue weighted by atomic mass is 16.5. The van der Waals surface area contributed by atoms with Crippen molar-refractivity contribution in [3.63, 3.8) is 0 Å². The largest absolute Gasteiger partial charge is 0.478 e. The zero-order valence-corrected chi connectivity index (χ0v) is 5.37. The summed E-state index contributed by atoms with van der Waals surface area (Å²) in [7, 11) is 0. The minimum atomic E-state index is -0.861. The van der Waals surface area contributed by atoms with Crippen molar-refractivity contribution < 1.29 is 9.84 Å². The molecule has 1 heterocycles. The Morgan fingerprint density at radius 1 is 1.89 bits per heavy atom. The summed E-state index contributed by atoms with van der Waals surface area (Å²) in [5.74, 6) is 0. The van der Waals surface area contributed by atoms with Crippen molar-refractivity contribution in [2.45, 2.75) is 25.2 Å². The molecule has 0 fully saturated rings. The molecule has 3 N–H and O–H groups in total. The lowest BCUT2D eigenvalue weighted by Gasteiger charge is -2.26. The van der Waals surface area contributed by atoms with E-state index in [1.54, 1.807) is 13.0 Å². The number of hydrogen-bond donors (Lipinski definition) is 2. The SMILES string of the molecule is C[C@@H](O)C1(N)CC=CO1. The molecule has 1 rings (SSSR count). The molecule has 2 atom stereocenters. The first-order valence-electron chi connectivity index (χ1n) is 2.95. The van der Waals surface area contributed by atoms with E-state index in [1.807, 2.05) is 0 Å². The third kappa shape index (κ3) is 1.06. The summed E-state index contributed by atoms with van der Waals surface area (Å²) in [5, 5.41) is 9.02. The molecule has 1 aliphatic rings. The molecule has 0 amide bonds. The van der Waals surface area contributed by atoms with Crippen LogP contribution in [0.3, 0.4) is 0 Å². The van der Waals surface area contributed by atoms with Gasteiger partial charge in [0.25, 0.3) is 0 Å². The van der Waals surface area contributed by atoms with Gasteiger partial charge in [-0.15, -0.1) is 0 Å². The summed E-state index contributed by atoms with van der Waals surface area (Å²) in [5.41, 5.74) is 4.71. The maximum absolute atomic E-state index is 9.02. The van der Waals surface area contributed by atoms with Crippen molar-refractivity contribution in [2.75, 3.05) is 0 Å². The Kier molecular flexibility index (Phi) is 1.47. The Bertz CT molecular complexity index is 123. The standard InChI is InChI=1S/C6H11NO2/c1-5(8)6(7)3-2-4-9-6/h2,4-5,8H,3,7H2,1H3/t5-,6?/m1/s1. The van der Waals surface area contributed by atoms with E-state index >= 15 is 0 Å². The van der Waals surface area contributed by atoms with Crippen molar-refractivity contribution >= 4 is 0 Å². The number of rotatable bonds is 1. The van der Waals surface area contributed by atoms with Gasteiger partial charge in [0.1, 0.15) is 6.10 Å². The molecule has 0 aliphatic carbocycles. The van der Waals surface area contributed by atoms with E-state index in [1.165, 1.54) is 6.26 Å². The number of aliphatic hydroxyl groups is 1. The van der Waals surface area contributed by atoms with E-state index in [4.69, 9.17) is 15.6 Å². The summed E-state index contributed by atoms with van der Waals surface area (Å²) in [6.07, 6.45) is 3.29. The number of nitrogens with two attached hydrogens (primary N) is 1. The third-order valence-corrected chi connectivity index (χ3v) is 1.53. The van der Waals surface area contributed by atoms with Crippen LogP contribution in [0.4, 0.5) is 0 Å². The smallest absolute Gasteiger partial charge is 0.186 e. The van der Waals surface area contributed by atoms with Crippen LogP contribution in [0, 0.1) is 0 Å². The van der Waals surface area contributed by atoms with Crippen molar-refractivity contribution in [1.82, 2.24) is 0 Å². The minimum Gasteiger partial charge on any atom is -0.478 e. The molecule has 9 heavy (non-hydrogen) atoms. The summed E-state index contributed by atoms with van der Waals surface area (Å²) in [6, 6.07) is 0. The molecule has 0 aromatic heterocycles. The second kappa shape index (κ2) is 2.01. The van der Waals surface area contributed by atoms with Crippen LogP contribution in [0.5, 0.6) is 0 Å². The normalized spacial score (nSPS) is 36.3. The van der Waals surface area contributed by atoms with E-state index in [2.05, 4.69) is 0 Å². The zero-order chi connectivity index (χ0) is 6.91. The van der Waals surface area contributed by atoms with Crippen LogP contribution in [-0.2, 0) is 4.74 Å². The third-order valence-electron chi connectivity index (χ3n) is 1.53. The molecular weight excluding hydrogens is 118 g/mol. The quantitative estimate of drug-likeness (QED) is 0.522. The van der Waals surface area contributed by atoms with Crippen molar-refractivity contribution in [2.24, 2.45) is 5.73 Å².